The number of rotatable bonds is 8. The molecule has 2 aromatic carbocycles. The van der Waals surface area contributed by atoms with Crippen LogP contribution in [0, 0.1) is 0 Å². The van der Waals surface area contributed by atoms with Crippen molar-refractivity contribution in [2.45, 2.75) is 30.4 Å². The second-order valence-electron chi connectivity index (χ2n) is 8.65. The zero-order valence-corrected chi connectivity index (χ0v) is 19.7. The predicted octanol–water partition coefficient (Wildman–Crippen LogP) is 2.69. The standard InChI is InChI=1S/C25H28N2O6S/c1-34-13-10-21(22(28)27-12-11-25(32,15-27)23(29)30)26-24(31)33-14-20-18-8-4-2-6-16(18)17-7-3-5-9-19(17)20/h2-9,20-21,32H,10-15H2,1H3,(H,26,31)(H,29,30)/t21-,25?/m1/s1. The number of carboxylic acid groups (broad SMARTS) is 1. The predicted molar refractivity (Wildman–Crippen MR) is 129 cm³/mol. The number of carbonyl (C=O) groups is 3. The zero-order valence-electron chi connectivity index (χ0n) is 18.9. The number of carbonyl (C=O) groups excluding carboxylic acids is 2. The number of carboxylic acids is 1. The molecule has 0 bridgehead atoms. The van der Waals surface area contributed by atoms with Crippen LogP contribution in [0.25, 0.3) is 11.1 Å². The molecule has 2 atom stereocenters. The van der Waals surface area contributed by atoms with Crippen molar-refractivity contribution in [1.29, 1.82) is 0 Å². The highest BCUT2D eigenvalue weighted by atomic mass is 32.2. The zero-order chi connectivity index (χ0) is 24.3. The number of hydrogen-bond donors (Lipinski definition) is 3. The molecule has 180 valence electrons. The fourth-order valence-corrected chi connectivity index (χ4v) is 5.12. The number of ether oxygens (including phenoxy) is 1. The van der Waals surface area contributed by atoms with Crippen LogP contribution in [0.4, 0.5) is 4.79 Å². The van der Waals surface area contributed by atoms with Gasteiger partial charge in [0, 0.05) is 18.9 Å². The first-order valence-corrected chi connectivity index (χ1v) is 12.6. The summed E-state index contributed by atoms with van der Waals surface area (Å²) < 4.78 is 5.57. The Kier molecular flexibility index (Phi) is 7.13. The highest BCUT2D eigenvalue weighted by Gasteiger charge is 2.45. The highest BCUT2D eigenvalue weighted by Crippen LogP contribution is 2.44. The molecule has 1 fully saturated rings. The molecule has 1 aliphatic heterocycles. The van der Waals surface area contributed by atoms with Crippen molar-refractivity contribution in [3.05, 3.63) is 59.7 Å². The maximum absolute atomic E-state index is 13.0. The van der Waals surface area contributed by atoms with Gasteiger partial charge in [-0.15, -0.1) is 0 Å². The minimum Gasteiger partial charge on any atom is -0.479 e. The summed E-state index contributed by atoms with van der Waals surface area (Å²) in [5.74, 6) is -1.24. The summed E-state index contributed by atoms with van der Waals surface area (Å²) in [6.45, 7) is -0.0567. The molecule has 1 saturated heterocycles. The van der Waals surface area contributed by atoms with Gasteiger partial charge in [0.15, 0.2) is 5.60 Å². The topological polar surface area (TPSA) is 116 Å². The van der Waals surface area contributed by atoms with Gasteiger partial charge in [-0.25, -0.2) is 9.59 Å². The summed E-state index contributed by atoms with van der Waals surface area (Å²) in [5, 5.41) is 22.1. The minimum absolute atomic E-state index is 0.0474. The fourth-order valence-electron chi connectivity index (χ4n) is 4.65. The second-order valence-corrected chi connectivity index (χ2v) is 9.64. The van der Waals surface area contributed by atoms with E-state index in [0.29, 0.717) is 12.2 Å². The lowest BCUT2D eigenvalue weighted by Gasteiger charge is -2.25. The largest absolute Gasteiger partial charge is 0.479 e. The number of benzene rings is 2. The molecule has 1 unspecified atom stereocenters. The Morgan fingerprint density at radius 2 is 1.76 bits per heavy atom. The van der Waals surface area contributed by atoms with Gasteiger partial charge in [0.2, 0.25) is 5.91 Å². The number of likely N-dealkylation sites (tertiary alicyclic amines) is 1. The van der Waals surface area contributed by atoms with Crippen LogP contribution in [-0.2, 0) is 14.3 Å². The van der Waals surface area contributed by atoms with E-state index in [1.165, 1.54) is 16.7 Å². The van der Waals surface area contributed by atoms with Gasteiger partial charge in [-0.2, -0.15) is 11.8 Å². The quantitative estimate of drug-likeness (QED) is 0.528. The maximum Gasteiger partial charge on any atom is 0.407 e. The van der Waals surface area contributed by atoms with Crippen molar-refractivity contribution in [1.82, 2.24) is 10.2 Å². The Hall–Kier alpha value is -3.04. The Morgan fingerprint density at radius 1 is 1.15 bits per heavy atom. The molecule has 2 aliphatic rings. The van der Waals surface area contributed by atoms with Crippen LogP contribution < -0.4 is 5.32 Å². The number of aliphatic hydroxyl groups is 1. The molecule has 0 spiro atoms. The van der Waals surface area contributed by atoms with E-state index in [1.54, 1.807) is 0 Å². The number of nitrogens with one attached hydrogen (secondary N) is 1. The lowest BCUT2D eigenvalue weighted by molar-refractivity contribution is -0.157. The summed E-state index contributed by atoms with van der Waals surface area (Å²) in [5.41, 5.74) is 2.48. The van der Waals surface area contributed by atoms with Crippen LogP contribution in [0.15, 0.2) is 48.5 Å². The van der Waals surface area contributed by atoms with E-state index in [2.05, 4.69) is 17.4 Å². The van der Waals surface area contributed by atoms with Gasteiger partial charge < -0.3 is 25.2 Å². The number of alkyl carbamates (subject to hydrolysis) is 1. The first kappa shape index (κ1) is 24.1. The molecule has 0 aromatic heterocycles. The number of fused-ring (bicyclic) bond motifs is 3. The van der Waals surface area contributed by atoms with E-state index in [0.717, 1.165) is 22.3 Å². The average molecular weight is 485 g/mol. The number of amides is 2. The van der Waals surface area contributed by atoms with Crippen LogP contribution in [0.5, 0.6) is 0 Å². The second kappa shape index (κ2) is 10.1. The van der Waals surface area contributed by atoms with E-state index in [9.17, 15) is 24.6 Å². The van der Waals surface area contributed by atoms with Crippen LogP contribution in [0.3, 0.4) is 0 Å². The van der Waals surface area contributed by atoms with Gasteiger partial charge in [-0.3, -0.25) is 4.79 Å². The van der Waals surface area contributed by atoms with Gasteiger partial charge in [0.1, 0.15) is 12.6 Å². The van der Waals surface area contributed by atoms with E-state index in [4.69, 9.17) is 4.74 Å². The number of nitrogens with zero attached hydrogens (tertiary/aromatic N) is 1. The molecule has 0 saturated carbocycles. The van der Waals surface area contributed by atoms with Crippen LogP contribution >= 0.6 is 11.8 Å². The van der Waals surface area contributed by atoms with Crippen molar-refractivity contribution in [2.75, 3.05) is 31.7 Å². The Labute approximate surface area is 202 Å². The maximum atomic E-state index is 13.0. The highest BCUT2D eigenvalue weighted by molar-refractivity contribution is 7.98. The summed E-state index contributed by atoms with van der Waals surface area (Å²) >= 11 is 1.53. The van der Waals surface area contributed by atoms with Crippen molar-refractivity contribution < 1.29 is 29.3 Å². The third kappa shape index (κ3) is 4.76. The van der Waals surface area contributed by atoms with Crippen LogP contribution in [0.1, 0.15) is 29.9 Å². The third-order valence-electron chi connectivity index (χ3n) is 6.50. The number of aliphatic carboxylic acids is 1. The monoisotopic (exact) mass is 484 g/mol. The van der Waals surface area contributed by atoms with Crippen molar-refractivity contribution in [2.24, 2.45) is 0 Å². The van der Waals surface area contributed by atoms with Gasteiger partial charge >= 0.3 is 12.1 Å². The summed E-state index contributed by atoms with van der Waals surface area (Å²) in [6, 6.07) is 15.2. The fraction of sp³-hybridized carbons (Fsp3) is 0.400. The van der Waals surface area contributed by atoms with Crippen molar-refractivity contribution in [3.8, 4) is 11.1 Å². The molecule has 2 amide bonds. The van der Waals surface area contributed by atoms with Crippen LogP contribution in [0.2, 0.25) is 0 Å². The summed E-state index contributed by atoms with van der Waals surface area (Å²) in [6.07, 6.45) is 1.52. The molecule has 3 N–H and O–H groups in total. The van der Waals surface area contributed by atoms with Crippen molar-refractivity contribution >= 4 is 29.7 Å². The molecule has 8 nitrogen and oxygen atoms in total. The van der Waals surface area contributed by atoms with E-state index in [-0.39, 0.29) is 32.0 Å². The normalized spacial score (nSPS) is 19.9. The first-order valence-electron chi connectivity index (χ1n) is 11.2. The SMILES string of the molecule is CSCC[C@@H](NC(=O)OCC1c2ccccc2-c2ccccc21)C(=O)N1CCC(O)(C(=O)O)C1. The Morgan fingerprint density at radius 3 is 2.32 bits per heavy atom. The number of thioether (sulfide) groups is 1. The molecular formula is C25H28N2O6S. The van der Waals surface area contributed by atoms with Gasteiger partial charge in [0.05, 0.1) is 6.54 Å². The number of β-amino-alcohol motifs (C(OH)–C–C–N with tert-alkyl or cyclic N) is 1. The van der Waals surface area contributed by atoms with E-state index >= 15 is 0 Å². The van der Waals surface area contributed by atoms with E-state index in [1.807, 2.05) is 42.7 Å². The third-order valence-corrected chi connectivity index (χ3v) is 7.15. The van der Waals surface area contributed by atoms with Gasteiger partial charge in [-0.1, -0.05) is 48.5 Å². The molecule has 0 radical (unpaired) electrons. The molecule has 1 heterocycles. The summed E-state index contributed by atoms with van der Waals surface area (Å²) in [7, 11) is 0. The molecule has 2 aromatic rings. The smallest absolute Gasteiger partial charge is 0.407 e. The van der Waals surface area contributed by atoms with E-state index < -0.39 is 29.6 Å². The number of hydrogen-bond acceptors (Lipinski definition) is 6. The Bertz CT molecular complexity index is 1050. The molecular weight excluding hydrogens is 456 g/mol. The van der Waals surface area contributed by atoms with Crippen LogP contribution in [-0.4, -0.2) is 76.4 Å². The minimum atomic E-state index is -1.95. The Balaban J connectivity index is 1.41. The molecule has 4 rings (SSSR count). The molecule has 9 heteroatoms. The molecule has 1 aliphatic carbocycles. The van der Waals surface area contributed by atoms with Crippen molar-refractivity contribution in [3.63, 3.8) is 0 Å². The lowest BCUT2D eigenvalue weighted by Crippen LogP contribution is -2.50. The van der Waals surface area contributed by atoms with Gasteiger partial charge in [0.25, 0.3) is 0 Å². The first-order chi connectivity index (χ1) is 16.3. The van der Waals surface area contributed by atoms with Gasteiger partial charge in [-0.05, 0) is 40.7 Å². The summed E-state index contributed by atoms with van der Waals surface area (Å²) in [4.78, 5) is 38.3. The lowest BCUT2D eigenvalue weighted by atomic mass is 9.98. The average Bonchev–Trinajstić information content (AvgIpc) is 3.39. The molecule has 34 heavy (non-hydrogen) atoms.